The van der Waals surface area contributed by atoms with Crippen LogP contribution in [-0.2, 0) is 14.8 Å². The molecule has 0 aliphatic heterocycles. The predicted octanol–water partition coefficient (Wildman–Crippen LogP) is 5.77. The predicted molar refractivity (Wildman–Crippen MR) is 142 cm³/mol. The van der Waals surface area contributed by atoms with Crippen molar-refractivity contribution in [3.8, 4) is 5.75 Å². The van der Waals surface area contributed by atoms with Gasteiger partial charge < -0.3 is 10.1 Å². The van der Waals surface area contributed by atoms with Gasteiger partial charge in [0.2, 0.25) is 5.91 Å². The topological polar surface area (TPSA) is 75.7 Å². The van der Waals surface area contributed by atoms with Gasteiger partial charge in [-0.25, -0.2) is 8.42 Å². The molecule has 0 aliphatic carbocycles. The molecule has 3 aromatic carbocycles. The van der Waals surface area contributed by atoms with Gasteiger partial charge in [0.05, 0.1) is 17.2 Å². The van der Waals surface area contributed by atoms with Crippen molar-refractivity contribution in [1.82, 2.24) is 0 Å². The lowest BCUT2D eigenvalue weighted by Crippen LogP contribution is -2.39. The summed E-state index contributed by atoms with van der Waals surface area (Å²) in [4.78, 5) is 13.4. The zero-order valence-electron chi connectivity index (χ0n) is 21.5. The summed E-state index contributed by atoms with van der Waals surface area (Å²) in [6, 6.07) is 14.5. The van der Waals surface area contributed by atoms with Gasteiger partial charge in [-0.05, 0) is 112 Å². The highest BCUT2D eigenvalue weighted by atomic mass is 32.2. The lowest BCUT2D eigenvalue weighted by Gasteiger charge is -2.28. The second kappa shape index (κ2) is 10.5. The Morgan fingerprint density at radius 2 is 1.46 bits per heavy atom. The third-order valence-corrected chi connectivity index (χ3v) is 8.46. The molecule has 1 amide bonds. The molecule has 0 unspecified atom stereocenters. The van der Waals surface area contributed by atoms with E-state index in [0.717, 1.165) is 22.3 Å². The van der Waals surface area contributed by atoms with Crippen molar-refractivity contribution in [2.24, 2.45) is 0 Å². The van der Waals surface area contributed by atoms with Crippen LogP contribution in [0, 0.1) is 41.5 Å². The number of nitrogens with zero attached hydrogens (tertiary/aromatic N) is 1. The van der Waals surface area contributed by atoms with Gasteiger partial charge in [-0.15, -0.1) is 0 Å². The van der Waals surface area contributed by atoms with Crippen LogP contribution in [0.15, 0.2) is 53.4 Å². The molecule has 0 radical (unpaired) electrons. The number of aryl methyl sites for hydroxylation is 3. The molecule has 35 heavy (non-hydrogen) atoms. The molecule has 0 bridgehead atoms. The number of nitrogens with one attached hydrogen (secondary N) is 1. The van der Waals surface area contributed by atoms with Gasteiger partial charge in [0, 0.05) is 5.69 Å². The summed E-state index contributed by atoms with van der Waals surface area (Å²) in [7, 11) is -4.05. The molecule has 0 saturated carbocycles. The monoisotopic (exact) mass is 494 g/mol. The molecule has 0 fully saturated rings. The van der Waals surface area contributed by atoms with Crippen LogP contribution in [0.4, 0.5) is 11.4 Å². The molecule has 0 spiro atoms. The van der Waals surface area contributed by atoms with Crippen LogP contribution in [0.1, 0.15) is 40.3 Å². The summed E-state index contributed by atoms with van der Waals surface area (Å²) in [5.74, 6) is 0.268. The Labute approximate surface area is 209 Å². The highest BCUT2D eigenvalue weighted by Gasteiger charge is 2.32. The van der Waals surface area contributed by atoms with Crippen LogP contribution in [0.5, 0.6) is 5.75 Å². The average Bonchev–Trinajstić information content (AvgIpc) is 2.80. The molecule has 3 aromatic rings. The molecule has 0 heterocycles. The molecule has 0 atom stereocenters. The van der Waals surface area contributed by atoms with Crippen molar-refractivity contribution < 1.29 is 17.9 Å². The van der Waals surface area contributed by atoms with Crippen molar-refractivity contribution in [2.45, 2.75) is 53.4 Å². The number of hydrogen-bond acceptors (Lipinski definition) is 4. The summed E-state index contributed by atoms with van der Waals surface area (Å²) in [5.41, 5.74) is 5.98. The van der Waals surface area contributed by atoms with Crippen molar-refractivity contribution in [2.75, 3.05) is 22.8 Å². The second-order valence-electron chi connectivity index (χ2n) is 8.83. The maximum Gasteiger partial charge on any atom is 0.265 e. The van der Waals surface area contributed by atoms with E-state index in [1.54, 1.807) is 30.3 Å². The van der Waals surface area contributed by atoms with Gasteiger partial charge in [0.1, 0.15) is 12.3 Å². The first kappa shape index (κ1) is 26.3. The maximum atomic E-state index is 14.2. The summed E-state index contributed by atoms with van der Waals surface area (Å²) < 4.78 is 35.0. The highest BCUT2D eigenvalue weighted by Crippen LogP contribution is 2.33. The van der Waals surface area contributed by atoms with Crippen LogP contribution < -0.4 is 14.4 Å². The number of sulfonamides is 1. The van der Waals surface area contributed by atoms with Gasteiger partial charge in [-0.1, -0.05) is 18.2 Å². The quantitative estimate of drug-likeness (QED) is 0.431. The van der Waals surface area contributed by atoms with Gasteiger partial charge in [-0.2, -0.15) is 0 Å². The fourth-order valence-corrected chi connectivity index (χ4v) is 6.18. The van der Waals surface area contributed by atoms with Crippen molar-refractivity contribution in [1.29, 1.82) is 0 Å². The number of carbonyl (C=O) groups is 1. The van der Waals surface area contributed by atoms with Crippen molar-refractivity contribution in [3.63, 3.8) is 0 Å². The minimum Gasteiger partial charge on any atom is -0.494 e. The maximum absolute atomic E-state index is 14.2. The average molecular weight is 495 g/mol. The van der Waals surface area contributed by atoms with Crippen LogP contribution in [0.3, 0.4) is 0 Å². The van der Waals surface area contributed by atoms with Crippen LogP contribution in [0.2, 0.25) is 0 Å². The molecule has 0 aliphatic rings. The molecular formula is C28H34N2O4S. The van der Waals surface area contributed by atoms with E-state index in [2.05, 4.69) is 5.32 Å². The lowest BCUT2D eigenvalue weighted by molar-refractivity contribution is -0.114. The Morgan fingerprint density at radius 3 is 2.03 bits per heavy atom. The highest BCUT2D eigenvalue weighted by molar-refractivity contribution is 7.93. The summed E-state index contributed by atoms with van der Waals surface area (Å²) in [5, 5.41) is 2.82. The van der Waals surface area contributed by atoms with Crippen LogP contribution >= 0.6 is 0 Å². The molecule has 0 saturated heterocycles. The fraction of sp³-hybridized carbons (Fsp3) is 0.321. The second-order valence-corrected chi connectivity index (χ2v) is 10.6. The Morgan fingerprint density at radius 1 is 0.857 bits per heavy atom. The smallest absolute Gasteiger partial charge is 0.265 e. The van der Waals surface area contributed by atoms with E-state index >= 15 is 0 Å². The lowest BCUT2D eigenvalue weighted by atomic mass is 10.0. The number of ether oxygens (including phenoxy) is 1. The third kappa shape index (κ3) is 5.51. The number of rotatable bonds is 8. The standard InChI is InChI=1S/C28H34N2O4S/c1-8-34-25-14-12-24(13-15-25)29-27(31)17-30(26-11-9-10-18(2)21(26)5)35(32,33)28-22(6)19(3)16-20(4)23(28)7/h9-16H,8,17H2,1-7H3,(H,29,31). The normalized spacial score (nSPS) is 11.3. The Hall–Kier alpha value is -3.32. The van der Waals surface area contributed by atoms with Gasteiger partial charge in [-0.3, -0.25) is 9.10 Å². The van der Waals surface area contributed by atoms with E-state index in [-0.39, 0.29) is 11.4 Å². The molecule has 1 N–H and O–H groups in total. The number of hydrogen-bond donors (Lipinski definition) is 1. The first-order valence-corrected chi connectivity index (χ1v) is 13.1. The number of amides is 1. The molecule has 6 nitrogen and oxygen atoms in total. The Bertz CT molecular complexity index is 1320. The van der Waals surface area contributed by atoms with E-state index in [1.807, 2.05) is 66.7 Å². The number of carbonyl (C=O) groups excluding carboxylic acids is 1. The first-order chi connectivity index (χ1) is 16.5. The minimum absolute atomic E-state index is 0.254. The molecule has 7 heteroatoms. The zero-order chi connectivity index (χ0) is 25.9. The largest absolute Gasteiger partial charge is 0.494 e. The summed E-state index contributed by atoms with van der Waals surface area (Å²) in [6.07, 6.45) is 0. The summed E-state index contributed by atoms with van der Waals surface area (Å²) >= 11 is 0. The van der Waals surface area contributed by atoms with Crippen LogP contribution in [-0.4, -0.2) is 27.5 Å². The molecule has 0 aromatic heterocycles. The van der Waals surface area contributed by atoms with Crippen molar-refractivity contribution in [3.05, 3.63) is 81.9 Å². The van der Waals surface area contributed by atoms with E-state index in [0.29, 0.717) is 34.9 Å². The number of anilines is 2. The first-order valence-electron chi connectivity index (χ1n) is 11.7. The van der Waals surface area contributed by atoms with E-state index < -0.39 is 15.9 Å². The molecule has 186 valence electrons. The van der Waals surface area contributed by atoms with Crippen LogP contribution in [0.25, 0.3) is 0 Å². The van der Waals surface area contributed by atoms with E-state index in [9.17, 15) is 13.2 Å². The fourth-order valence-electron chi connectivity index (χ4n) is 4.12. The van der Waals surface area contributed by atoms with Gasteiger partial charge in [0.25, 0.3) is 10.0 Å². The third-order valence-electron chi connectivity index (χ3n) is 6.43. The Kier molecular flexibility index (Phi) is 7.90. The zero-order valence-corrected chi connectivity index (χ0v) is 22.3. The van der Waals surface area contributed by atoms with Gasteiger partial charge >= 0.3 is 0 Å². The van der Waals surface area contributed by atoms with E-state index in [1.165, 1.54) is 4.31 Å². The molecule has 3 rings (SSSR count). The SMILES string of the molecule is CCOc1ccc(NC(=O)CN(c2cccc(C)c2C)S(=O)(=O)c2c(C)c(C)cc(C)c2C)cc1. The van der Waals surface area contributed by atoms with E-state index in [4.69, 9.17) is 4.74 Å². The minimum atomic E-state index is -4.05. The molecular weight excluding hydrogens is 460 g/mol. The Balaban J connectivity index is 2.06. The summed E-state index contributed by atoms with van der Waals surface area (Å²) in [6.45, 7) is 13.3. The van der Waals surface area contributed by atoms with Gasteiger partial charge in [0.15, 0.2) is 0 Å². The van der Waals surface area contributed by atoms with Crippen molar-refractivity contribution >= 4 is 27.3 Å². The number of benzene rings is 3.